The van der Waals surface area contributed by atoms with Crippen LogP contribution >= 0.6 is 0 Å². The van der Waals surface area contributed by atoms with Crippen molar-refractivity contribution in [3.63, 3.8) is 0 Å². The van der Waals surface area contributed by atoms with Crippen molar-refractivity contribution >= 4 is 21.4 Å². The Morgan fingerprint density at radius 3 is 2.39 bits per heavy atom. The zero-order valence-corrected chi connectivity index (χ0v) is 20.4. The van der Waals surface area contributed by atoms with Gasteiger partial charge in [0.2, 0.25) is 5.89 Å². The molecular weight excluding hydrogens is 482 g/mol. The van der Waals surface area contributed by atoms with Gasteiger partial charge in [0.1, 0.15) is 11.5 Å². The number of non-ortho nitro benzene ring substituents is 1. The lowest BCUT2D eigenvalue weighted by Crippen LogP contribution is -2.22. The Hall–Kier alpha value is -4.31. The molecule has 0 aliphatic carbocycles. The number of nitro groups is 1. The van der Waals surface area contributed by atoms with E-state index in [9.17, 15) is 23.3 Å². The van der Waals surface area contributed by atoms with Gasteiger partial charge < -0.3 is 9.73 Å². The maximum Gasteiger partial charge on any atom is 0.269 e. The molecule has 0 atom stereocenters. The van der Waals surface area contributed by atoms with Crippen molar-refractivity contribution in [2.24, 2.45) is 0 Å². The molecular formula is C26H23N3O6S. The van der Waals surface area contributed by atoms with Crippen molar-refractivity contribution in [1.29, 1.82) is 0 Å². The Labute approximate surface area is 207 Å². The van der Waals surface area contributed by atoms with Crippen LogP contribution in [-0.2, 0) is 22.1 Å². The summed E-state index contributed by atoms with van der Waals surface area (Å²) in [4.78, 5) is 27.5. The highest BCUT2D eigenvalue weighted by Gasteiger charge is 2.21. The molecule has 0 unspecified atom stereocenters. The molecule has 0 aliphatic rings. The number of carbonyl (C=O) groups excluding carboxylic acids is 1. The Morgan fingerprint density at radius 1 is 1.03 bits per heavy atom. The van der Waals surface area contributed by atoms with Crippen molar-refractivity contribution in [2.45, 2.75) is 31.0 Å². The lowest BCUT2D eigenvalue weighted by Gasteiger charge is -2.06. The molecule has 0 saturated carbocycles. The molecule has 9 nitrogen and oxygen atoms in total. The summed E-state index contributed by atoms with van der Waals surface area (Å²) in [5.41, 5.74) is 2.83. The quantitative estimate of drug-likeness (QED) is 0.269. The van der Waals surface area contributed by atoms with Crippen molar-refractivity contribution in [3.05, 3.63) is 111 Å². The number of aromatic nitrogens is 1. The van der Waals surface area contributed by atoms with Crippen LogP contribution in [-0.4, -0.2) is 24.2 Å². The van der Waals surface area contributed by atoms with Crippen LogP contribution in [0.3, 0.4) is 0 Å². The Bertz CT molecular complexity index is 1520. The average Bonchev–Trinajstić information content (AvgIpc) is 3.22. The molecule has 4 rings (SSSR count). The van der Waals surface area contributed by atoms with Gasteiger partial charge in [-0.25, -0.2) is 13.4 Å². The van der Waals surface area contributed by atoms with E-state index in [1.165, 1.54) is 12.1 Å². The molecule has 0 spiro atoms. The summed E-state index contributed by atoms with van der Waals surface area (Å²) in [6.45, 7) is 3.68. The van der Waals surface area contributed by atoms with Crippen LogP contribution in [0.1, 0.15) is 32.9 Å². The maximum absolute atomic E-state index is 12.8. The van der Waals surface area contributed by atoms with E-state index in [1.54, 1.807) is 67.6 Å². The molecule has 3 aromatic carbocycles. The van der Waals surface area contributed by atoms with Gasteiger partial charge in [0, 0.05) is 29.8 Å². The van der Waals surface area contributed by atoms with Gasteiger partial charge in [-0.05, 0) is 55.8 Å². The SMILES string of the molecule is Cc1ccc(S(=O)(=O)Cc2nc(-c3ccc(C(=O)NCc4cccc([N+](=O)[O-])c4)cc3)oc2C)cc1. The van der Waals surface area contributed by atoms with E-state index in [4.69, 9.17) is 4.42 Å². The van der Waals surface area contributed by atoms with E-state index in [0.29, 0.717) is 28.1 Å². The van der Waals surface area contributed by atoms with E-state index < -0.39 is 14.8 Å². The molecule has 1 amide bonds. The van der Waals surface area contributed by atoms with Crippen molar-refractivity contribution in [3.8, 4) is 11.5 Å². The fraction of sp³-hybridized carbons (Fsp3) is 0.154. The highest BCUT2D eigenvalue weighted by Crippen LogP contribution is 2.25. The third kappa shape index (κ3) is 5.66. The minimum Gasteiger partial charge on any atom is -0.441 e. The van der Waals surface area contributed by atoms with Gasteiger partial charge >= 0.3 is 0 Å². The second kappa shape index (κ2) is 10.1. The highest BCUT2D eigenvalue weighted by atomic mass is 32.2. The van der Waals surface area contributed by atoms with Crippen LogP contribution in [0.15, 0.2) is 82.1 Å². The van der Waals surface area contributed by atoms with Gasteiger partial charge in [-0.15, -0.1) is 0 Å². The molecule has 0 aliphatic heterocycles. The maximum atomic E-state index is 12.8. The van der Waals surface area contributed by atoms with Gasteiger partial charge in [0.25, 0.3) is 11.6 Å². The smallest absolute Gasteiger partial charge is 0.269 e. The summed E-state index contributed by atoms with van der Waals surface area (Å²) in [5.74, 6) is 0.0231. The number of sulfone groups is 1. The molecule has 36 heavy (non-hydrogen) atoms. The number of hydrogen-bond acceptors (Lipinski definition) is 7. The second-order valence-corrected chi connectivity index (χ2v) is 10.3. The van der Waals surface area contributed by atoms with Crippen LogP contribution in [0, 0.1) is 24.0 Å². The summed E-state index contributed by atoms with van der Waals surface area (Å²) in [7, 11) is -3.59. The van der Waals surface area contributed by atoms with Crippen LogP contribution in [0.4, 0.5) is 5.69 Å². The average molecular weight is 506 g/mol. The number of nitrogens with one attached hydrogen (secondary N) is 1. The number of nitrogens with zero attached hydrogens (tertiary/aromatic N) is 2. The first-order valence-electron chi connectivity index (χ1n) is 11.0. The molecule has 1 aromatic heterocycles. The minimum atomic E-state index is -3.59. The topological polar surface area (TPSA) is 132 Å². The second-order valence-electron chi connectivity index (χ2n) is 8.28. The standard InChI is InChI=1S/C26H23N3O6S/c1-17-6-12-23(13-7-17)36(33,34)16-24-18(2)35-26(28-24)21-10-8-20(9-11-21)25(30)27-15-19-4-3-5-22(14-19)29(31)32/h3-14H,15-16H2,1-2H3,(H,27,30). The first kappa shape index (κ1) is 24.8. The summed E-state index contributed by atoms with van der Waals surface area (Å²) in [6, 6.07) is 19.2. The highest BCUT2D eigenvalue weighted by molar-refractivity contribution is 7.90. The lowest BCUT2D eigenvalue weighted by atomic mass is 10.1. The number of aryl methyl sites for hydroxylation is 2. The van der Waals surface area contributed by atoms with E-state index in [1.807, 2.05) is 6.92 Å². The number of nitro benzene ring substituents is 1. The molecule has 4 aromatic rings. The fourth-order valence-corrected chi connectivity index (χ4v) is 4.87. The first-order valence-corrected chi connectivity index (χ1v) is 12.7. The molecule has 0 bridgehead atoms. The Balaban J connectivity index is 1.44. The summed E-state index contributed by atoms with van der Waals surface area (Å²) < 4.78 is 31.3. The lowest BCUT2D eigenvalue weighted by molar-refractivity contribution is -0.384. The summed E-state index contributed by atoms with van der Waals surface area (Å²) in [5, 5.41) is 13.6. The molecule has 0 radical (unpaired) electrons. The zero-order valence-electron chi connectivity index (χ0n) is 19.6. The van der Waals surface area contributed by atoms with E-state index in [2.05, 4.69) is 10.3 Å². The third-order valence-electron chi connectivity index (χ3n) is 5.57. The first-order chi connectivity index (χ1) is 17.1. The van der Waals surface area contributed by atoms with Crippen molar-refractivity contribution in [1.82, 2.24) is 10.3 Å². The van der Waals surface area contributed by atoms with Crippen LogP contribution in [0.25, 0.3) is 11.5 Å². The van der Waals surface area contributed by atoms with Gasteiger partial charge in [-0.1, -0.05) is 29.8 Å². The number of benzene rings is 3. The molecule has 0 fully saturated rings. The Morgan fingerprint density at radius 2 is 1.72 bits per heavy atom. The van der Waals surface area contributed by atoms with Gasteiger partial charge in [-0.2, -0.15) is 0 Å². The fourth-order valence-electron chi connectivity index (χ4n) is 3.52. The van der Waals surface area contributed by atoms with Gasteiger partial charge in [0.15, 0.2) is 9.84 Å². The molecule has 1 heterocycles. The molecule has 10 heteroatoms. The largest absolute Gasteiger partial charge is 0.441 e. The number of hydrogen-bond donors (Lipinski definition) is 1. The monoisotopic (exact) mass is 505 g/mol. The predicted molar refractivity (Wildman–Crippen MR) is 133 cm³/mol. The molecule has 0 saturated heterocycles. The number of oxazole rings is 1. The minimum absolute atomic E-state index is 0.0432. The van der Waals surface area contributed by atoms with E-state index >= 15 is 0 Å². The van der Waals surface area contributed by atoms with Crippen LogP contribution in [0.5, 0.6) is 0 Å². The van der Waals surface area contributed by atoms with Crippen LogP contribution < -0.4 is 5.32 Å². The van der Waals surface area contributed by atoms with Gasteiger partial charge in [0.05, 0.1) is 15.5 Å². The van der Waals surface area contributed by atoms with E-state index in [-0.39, 0.29) is 34.7 Å². The summed E-state index contributed by atoms with van der Waals surface area (Å²) in [6.07, 6.45) is 0. The third-order valence-corrected chi connectivity index (χ3v) is 7.21. The number of carbonyl (C=O) groups is 1. The molecule has 1 N–H and O–H groups in total. The summed E-state index contributed by atoms with van der Waals surface area (Å²) >= 11 is 0. The van der Waals surface area contributed by atoms with E-state index in [0.717, 1.165) is 5.56 Å². The predicted octanol–water partition coefficient (Wildman–Crippen LogP) is 4.77. The van der Waals surface area contributed by atoms with Crippen molar-refractivity contribution in [2.75, 3.05) is 0 Å². The van der Waals surface area contributed by atoms with Gasteiger partial charge in [-0.3, -0.25) is 14.9 Å². The molecule has 184 valence electrons. The zero-order chi connectivity index (χ0) is 25.9. The van der Waals surface area contributed by atoms with Crippen LogP contribution in [0.2, 0.25) is 0 Å². The van der Waals surface area contributed by atoms with Crippen molar-refractivity contribution < 1.29 is 22.6 Å². The number of rotatable bonds is 8. The Kier molecular flexibility index (Phi) is 6.98. The normalized spacial score (nSPS) is 11.3. The number of amides is 1.